The van der Waals surface area contributed by atoms with Crippen molar-refractivity contribution in [3.8, 4) is 11.5 Å². The van der Waals surface area contributed by atoms with Crippen LogP contribution in [0.15, 0.2) is 45.8 Å². The highest BCUT2D eigenvalue weighted by molar-refractivity contribution is 7.98. The molecular weight excluding hydrogens is 402 g/mol. The number of amides is 1. The molecule has 0 saturated heterocycles. The van der Waals surface area contributed by atoms with E-state index in [-0.39, 0.29) is 11.9 Å². The molecule has 1 N–H and O–H groups in total. The number of aromatic nitrogens is 2. The van der Waals surface area contributed by atoms with Crippen LogP contribution >= 0.6 is 11.8 Å². The fraction of sp³-hybridized carbons (Fsp3) is 0.318. The summed E-state index contributed by atoms with van der Waals surface area (Å²) in [6.45, 7) is 5.68. The predicted molar refractivity (Wildman–Crippen MR) is 115 cm³/mol. The van der Waals surface area contributed by atoms with E-state index in [1.165, 1.54) is 11.8 Å². The number of benzene rings is 2. The molecule has 1 aromatic heterocycles. The SMILES string of the molecule is COc1cc(C)c(C(C)NC(=O)c2ccccc2SCc2noc(C)n2)cc1OC. The van der Waals surface area contributed by atoms with Crippen molar-refractivity contribution in [1.29, 1.82) is 0 Å². The van der Waals surface area contributed by atoms with Crippen LogP contribution in [0.4, 0.5) is 0 Å². The van der Waals surface area contributed by atoms with Gasteiger partial charge >= 0.3 is 0 Å². The first-order chi connectivity index (χ1) is 14.4. The molecule has 0 aliphatic rings. The van der Waals surface area contributed by atoms with Gasteiger partial charge in [-0.25, -0.2) is 0 Å². The number of methoxy groups -OCH3 is 2. The van der Waals surface area contributed by atoms with E-state index in [0.717, 1.165) is 16.0 Å². The molecule has 1 unspecified atom stereocenters. The zero-order valence-corrected chi connectivity index (χ0v) is 18.5. The van der Waals surface area contributed by atoms with Crippen molar-refractivity contribution in [3.05, 3.63) is 64.8 Å². The quantitative estimate of drug-likeness (QED) is 0.530. The zero-order valence-electron chi connectivity index (χ0n) is 17.7. The maximum absolute atomic E-state index is 13.0. The third-order valence-corrected chi connectivity index (χ3v) is 5.71. The Morgan fingerprint density at radius 3 is 2.53 bits per heavy atom. The largest absolute Gasteiger partial charge is 0.493 e. The number of nitrogens with zero attached hydrogens (tertiary/aromatic N) is 2. The van der Waals surface area contributed by atoms with E-state index in [1.807, 2.05) is 50.2 Å². The minimum Gasteiger partial charge on any atom is -0.493 e. The van der Waals surface area contributed by atoms with E-state index in [9.17, 15) is 4.79 Å². The highest BCUT2D eigenvalue weighted by Gasteiger charge is 2.18. The van der Waals surface area contributed by atoms with Crippen molar-refractivity contribution >= 4 is 17.7 Å². The molecule has 0 aliphatic carbocycles. The van der Waals surface area contributed by atoms with Gasteiger partial charge in [-0.1, -0.05) is 17.3 Å². The Morgan fingerprint density at radius 1 is 1.17 bits per heavy atom. The molecule has 30 heavy (non-hydrogen) atoms. The second kappa shape index (κ2) is 9.67. The summed E-state index contributed by atoms with van der Waals surface area (Å²) in [7, 11) is 3.20. The third-order valence-electron chi connectivity index (χ3n) is 4.64. The van der Waals surface area contributed by atoms with Crippen LogP contribution in [0.3, 0.4) is 0 Å². The number of nitrogens with one attached hydrogen (secondary N) is 1. The summed E-state index contributed by atoms with van der Waals surface area (Å²) in [5.74, 6) is 2.79. The lowest BCUT2D eigenvalue weighted by Gasteiger charge is -2.20. The van der Waals surface area contributed by atoms with E-state index in [4.69, 9.17) is 14.0 Å². The Labute approximate surface area is 180 Å². The van der Waals surface area contributed by atoms with Gasteiger partial charge in [0.25, 0.3) is 5.91 Å². The lowest BCUT2D eigenvalue weighted by molar-refractivity contribution is 0.0937. The third kappa shape index (κ3) is 4.94. The maximum Gasteiger partial charge on any atom is 0.252 e. The van der Waals surface area contributed by atoms with Gasteiger partial charge in [-0.3, -0.25) is 4.79 Å². The van der Waals surface area contributed by atoms with Gasteiger partial charge in [0.05, 0.1) is 31.6 Å². The number of carbonyl (C=O) groups excluding carboxylic acids is 1. The second-order valence-electron chi connectivity index (χ2n) is 6.77. The van der Waals surface area contributed by atoms with Gasteiger partial charge in [0, 0.05) is 11.8 Å². The molecule has 158 valence electrons. The fourth-order valence-electron chi connectivity index (χ4n) is 3.14. The van der Waals surface area contributed by atoms with Gasteiger partial charge in [-0.15, -0.1) is 11.8 Å². The Kier molecular flexibility index (Phi) is 6.99. The molecule has 1 atom stereocenters. The number of aryl methyl sites for hydroxylation is 2. The van der Waals surface area contributed by atoms with Crippen LogP contribution in [0, 0.1) is 13.8 Å². The van der Waals surface area contributed by atoms with Gasteiger partial charge < -0.3 is 19.3 Å². The maximum atomic E-state index is 13.0. The monoisotopic (exact) mass is 427 g/mol. The van der Waals surface area contributed by atoms with E-state index in [0.29, 0.717) is 34.5 Å². The van der Waals surface area contributed by atoms with Gasteiger partial charge in [-0.05, 0) is 49.2 Å². The topological polar surface area (TPSA) is 86.5 Å². The first kappa shape index (κ1) is 21.7. The lowest BCUT2D eigenvalue weighted by Crippen LogP contribution is -2.27. The predicted octanol–water partition coefficient (Wildman–Crippen LogP) is 4.49. The number of hydrogen-bond donors (Lipinski definition) is 1. The lowest BCUT2D eigenvalue weighted by atomic mass is 10.0. The molecule has 7 nitrogen and oxygen atoms in total. The number of rotatable bonds is 8. The first-order valence-corrected chi connectivity index (χ1v) is 10.5. The first-order valence-electron chi connectivity index (χ1n) is 9.47. The number of carbonyl (C=O) groups is 1. The molecule has 1 heterocycles. The molecule has 8 heteroatoms. The van der Waals surface area contributed by atoms with E-state index < -0.39 is 0 Å². The fourth-order valence-corrected chi connectivity index (χ4v) is 4.03. The summed E-state index contributed by atoms with van der Waals surface area (Å²) in [6.07, 6.45) is 0. The highest BCUT2D eigenvalue weighted by atomic mass is 32.2. The number of hydrogen-bond acceptors (Lipinski definition) is 7. The van der Waals surface area contributed by atoms with Crippen LogP contribution in [0.25, 0.3) is 0 Å². The molecule has 0 radical (unpaired) electrons. The van der Waals surface area contributed by atoms with Crippen molar-refractivity contribution in [2.75, 3.05) is 14.2 Å². The molecule has 0 spiro atoms. The molecule has 2 aromatic carbocycles. The zero-order chi connectivity index (χ0) is 21.7. The molecule has 0 bridgehead atoms. The summed E-state index contributed by atoms with van der Waals surface area (Å²) >= 11 is 1.50. The van der Waals surface area contributed by atoms with Crippen molar-refractivity contribution in [2.24, 2.45) is 0 Å². The minimum absolute atomic E-state index is 0.149. The Balaban J connectivity index is 1.76. The highest BCUT2D eigenvalue weighted by Crippen LogP contribution is 2.33. The Morgan fingerprint density at radius 2 is 1.87 bits per heavy atom. The molecular formula is C22H25N3O4S. The summed E-state index contributed by atoms with van der Waals surface area (Å²) in [6, 6.07) is 11.1. The van der Waals surface area contributed by atoms with Crippen molar-refractivity contribution in [3.63, 3.8) is 0 Å². The molecule has 3 aromatic rings. The summed E-state index contributed by atoms with van der Waals surface area (Å²) in [5.41, 5.74) is 2.58. The smallest absolute Gasteiger partial charge is 0.252 e. The van der Waals surface area contributed by atoms with Crippen LogP contribution in [0.2, 0.25) is 0 Å². The molecule has 0 aliphatic heterocycles. The average molecular weight is 428 g/mol. The summed E-state index contributed by atoms with van der Waals surface area (Å²) in [5, 5.41) is 6.99. The van der Waals surface area contributed by atoms with E-state index in [2.05, 4.69) is 15.5 Å². The van der Waals surface area contributed by atoms with Gasteiger partial charge in [0.1, 0.15) is 0 Å². The van der Waals surface area contributed by atoms with Crippen molar-refractivity contribution < 1.29 is 18.8 Å². The molecule has 0 fully saturated rings. The molecule has 0 saturated carbocycles. The summed E-state index contributed by atoms with van der Waals surface area (Å²) in [4.78, 5) is 18.1. The number of ether oxygens (including phenoxy) is 2. The Bertz CT molecular complexity index is 1030. The number of thioether (sulfide) groups is 1. The van der Waals surface area contributed by atoms with Crippen LogP contribution in [-0.4, -0.2) is 30.3 Å². The van der Waals surface area contributed by atoms with Crippen molar-refractivity contribution in [2.45, 2.75) is 37.5 Å². The van der Waals surface area contributed by atoms with Crippen LogP contribution < -0.4 is 14.8 Å². The van der Waals surface area contributed by atoms with Gasteiger partial charge in [0.2, 0.25) is 5.89 Å². The van der Waals surface area contributed by atoms with E-state index in [1.54, 1.807) is 21.1 Å². The summed E-state index contributed by atoms with van der Waals surface area (Å²) < 4.78 is 15.8. The van der Waals surface area contributed by atoms with Crippen molar-refractivity contribution in [1.82, 2.24) is 15.5 Å². The van der Waals surface area contributed by atoms with E-state index >= 15 is 0 Å². The van der Waals surface area contributed by atoms with Gasteiger partial charge in [0.15, 0.2) is 17.3 Å². The van der Waals surface area contributed by atoms with Crippen LogP contribution in [0.5, 0.6) is 11.5 Å². The Hall–Kier alpha value is -3.00. The standard InChI is InChI=1S/C22H25N3O4S/c1-13-10-18(27-4)19(28-5)11-17(13)14(2)23-22(26)16-8-6-7-9-20(16)30-12-21-24-15(3)29-25-21/h6-11,14H,12H2,1-5H3,(H,23,26). The molecule has 1 amide bonds. The van der Waals surface area contributed by atoms with Crippen LogP contribution in [-0.2, 0) is 5.75 Å². The average Bonchev–Trinajstić information content (AvgIpc) is 3.17. The molecule has 3 rings (SSSR count). The van der Waals surface area contributed by atoms with Crippen LogP contribution in [0.1, 0.15) is 46.2 Å². The van der Waals surface area contributed by atoms with Gasteiger partial charge in [-0.2, -0.15) is 4.98 Å². The second-order valence-corrected chi connectivity index (χ2v) is 7.79. The minimum atomic E-state index is -0.213. The normalized spacial score (nSPS) is 11.8.